The zero-order valence-corrected chi connectivity index (χ0v) is 21.4. The summed E-state index contributed by atoms with van der Waals surface area (Å²) in [6.45, 7) is -0.647. The molecule has 2 N–H and O–H groups in total. The molecule has 0 atom stereocenters. The highest BCUT2D eigenvalue weighted by molar-refractivity contribution is 5.49. The van der Waals surface area contributed by atoms with Crippen LogP contribution in [0.1, 0.15) is 30.7 Å². The molecule has 7 rings (SSSR count). The van der Waals surface area contributed by atoms with Crippen molar-refractivity contribution in [2.24, 2.45) is 7.05 Å². The molecule has 0 aliphatic heterocycles. The third kappa shape index (κ3) is 4.44. The van der Waals surface area contributed by atoms with Gasteiger partial charge < -0.3 is 15.4 Å². The molecule has 0 radical (unpaired) electrons. The van der Waals surface area contributed by atoms with E-state index >= 15 is 0 Å². The van der Waals surface area contributed by atoms with Crippen LogP contribution in [-0.4, -0.2) is 57.0 Å². The van der Waals surface area contributed by atoms with Crippen molar-refractivity contribution < 1.29 is 17.9 Å². The monoisotopic (exact) mass is 556 g/mol. The number of nitrogens with one attached hydrogen (secondary N) is 2. The fraction of sp³-hybridized carbons (Fsp3) is 0.375. The van der Waals surface area contributed by atoms with Crippen molar-refractivity contribution in [2.45, 2.75) is 43.4 Å². The van der Waals surface area contributed by atoms with Gasteiger partial charge in [-0.25, -0.2) is 37.3 Å². The Kier molecular flexibility index (Phi) is 5.85. The Labute approximate surface area is 223 Å². The quantitative estimate of drug-likeness (QED) is 0.287. The second kappa shape index (κ2) is 9.17. The van der Waals surface area contributed by atoms with E-state index in [1.54, 1.807) is 19.3 Å². The van der Waals surface area contributed by atoms with Gasteiger partial charge in [0.05, 0.1) is 20.2 Å². The molecule has 0 saturated heterocycles. The first-order chi connectivity index (χ1) is 19.1. The number of hydrogen-bond acceptors (Lipinski definition) is 10. The van der Waals surface area contributed by atoms with E-state index in [-0.39, 0.29) is 36.0 Å². The van der Waals surface area contributed by atoms with E-state index in [1.807, 2.05) is 0 Å². The van der Waals surface area contributed by atoms with Gasteiger partial charge in [-0.05, 0) is 37.0 Å². The minimum atomic E-state index is -1.62. The van der Waals surface area contributed by atoms with Crippen LogP contribution in [0, 0.1) is 17.5 Å². The maximum Gasteiger partial charge on any atom is 0.355 e. The molecule has 3 heterocycles. The standard InChI is InChI=1S/C24H23F3N10O3/c1-35-12-29-16(34-35)8-37-21(38)31-20(36(22(37)39)7-13-5-14(25)18(27)15(26)6-13)33-24-9-23(10-24,11-24)32-19-28-4-3-17(30-19)40-2/h3-6,12H,7-11H2,1-2H3,(H,28,30,32)(H,31,33,38). The molecule has 0 amide bonds. The van der Waals surface area contributed by atoms with Gasteiger partial charge in [-0.3, -0.25) is 9.25 Å². The molecule has 1 aromatic carbocycles. The molecule has 2 bridgehead atoms. The molecule has 16 heteroatoms. The molecule has 13 nitrogen and oxygen atoms in total. The minimum Gasteiger partial charge on any atom is -0.481 e. The van der Waals surface area contributed by atoms with Crippen molar-refractivity contribution >= 4 is 11.9 Å². The summed E-state index contributed by atoms with van der Waals surface area (Å²) >= 11 is 0. The number of methoxy groups -OCH3 is 1. The lowest BCUT2D eigenvalue weighted by Crippen LogP contribution is -2.78. The largest absolute Gasteiger partial charge is 0.481 e. The van der Waals surface area contributed by atoms with Crippen LogP contribution in [0.4, 0.5) is 25.1 Å². The van der Waals surface area contributed by atoms with Crippen LogP contribution in [0.25, 0.3) is 0 Å². The highest BCUT2D eigenvalue weighted by atomic mass is 19.2. The Hall–Kier alpha value is -4.76. The Morgan fingerprint density at radius 2 is 1.68 bits per heavy atom. The maximum atomic E-state index is 14.0. The first-order valence-electron chi connectivity index (χ1n) is 12.2. The van der Waals surface area contributed by atoms with E-state index in [1.165, 1.54) is 18.1 Å². The predicted molar refractivity (Wildman–Crippen MR) is 133 cm³/mol. The summed E-state index contributed by atoms with van der Waals surface area (Å²) in [5.74, 6) is -3.47. The smallest absolute Gasteiger partial charge is 0.355 e. The summed E-state index contributed by atoms with van der Waals surface area (Å²) in [4.78, 5) is 43.1. The van der Waals surface area contributed by atoms with Crippen molar-refractivity contribution in [3.63, 3.8) is 0 Å². The number of nitrogens with zero attached hydrogens (tertiary/aromatic N) is 8. The van der Waals surface area contributed by atoms with Crippen LogP contribution in [0.3, 0.4) is 0 Å². The van der Waals surface area contributed by atoms with Crippen molar-refractivity contribution in [1.82, 2.24) is 38.9 Å². The lowest BCUT2D eigenvalue weighted by molar-refractivity contribution is -0.0155. The summed E-state index contributed by atoms with van der Waals surface area (Å²) in [6, 6.07) is 3.21. The van der Waals surface area contributed by atoms with Crippen LogP contribution >= 0.6 is 0 Å². The van der Waals surface area contributed by atoms with Gasteiger partial charge in [0.15, 0.2) is 23.3 Å². The Morgan fingerprint density at radius 1 is 0.975 bits per heavy atom. The fourth-order valence-electron chi connectivity index (χ4n) is 5.43. The second-order valence-corrected chi connectivity index (χ2v) is 10.1. The van der Waals surface area contributed by atoms with Crippen molar-refractivity contribution in [3.05, 3.63) is 80.5 Å². The molecule has 3 aliphatic rings. The number of rotatable bonds is 9. The highest BCUT2D eigenvalue weighted by Crippen LogP contribution is 2.62. The fourth-order valence-corrected chi connectivity index (χ4v) is 5.43. The van der Waals surface area contributed by atoms with Crippen LogP contribution in [-0.2, 0) is 20.1 Å². The highest BCUT2D eigenvalue weighted by Gasteiger charge is 2.69. The summed E-state index contributed by atoms with van der Waals surface area (Å²) in [5, 5.41) is 10.6. The van der Waals surface area contributed by atoms with Crippen LogP contribution < -0.4 is 26.7 Å². The van der Waals surface area contributed by atoms with E-state index in [4.69, 9.17) is 4.74 Å². The van der Waals surface area contributed by atoms with Crippen LogP contribution in [0.2, 0.25) is 0 Å². The molecular formula is C24H23F3N10O3. The van der Waals surface area contributed by atoms with Crippen molar-refractivity contribution in [3.8, 4) is 5.88 Å². The average molecular weight is 557 g/mol. The molecule has 3 fully saturated rings. The first-order valence-corrected chi connectivity index (χ1v) is 12.2. The average Bonchev–Trinajstić information content (AvgIpc) is 3.29. The third-order valence-corrected chi connectivity index (χ3v) is 7.10. The SMILES string of the molecule is COc1ccnc(NC23CC(Nc4nc(=O)n(Cc5ncn(C)n5)c(=O)n4Cc4cc(F)c(F)c(F)c4)(C2)C3)n1. The number of anilines is 2. The Balaban J connectivity index is 1.29. The van der Waals surface area contributed by atoms with E-state index in [0.29, 0.717) is 31.1 Å². The molecule has 0 unspecified atom stereocenters. The molecular weight excluding hydrogens is 533 g/mol. The zero-order chi connectivity index (χ0) is 28.2. The molecule has 208 valence electrons. The van der Waals surface area contributed by atoms with Crippen molar-refractivity contribution in [2.75, 3.05) is 17.7 Å². The topological polar surface area (TPSA) is 147 Å². The lowest BCUT2D eigenvalue weighted by atomic mass is 9.44. The van der Waals surface area contributed by atoms with E-state index in [0.717, 1.165) is 21.3 Å². The minimum absolute atomic E-state index is 0.0320. The molecule has 4 aromatic rings. The number of ether oxygens (including phenoxy) is 1. The summed E-state index contributed by atoms with van der Waals surface area (Å²) < 4.78 is 49.9. The van der Waals surface area contributed by atoms with Crippen LogP contribution in [0.5, 0.6) is 5.88 Å². The summed E-state index contributed by atoms with van der Waals surface area (Å²) in [6.07, 6.45) is 4.81. The predicted octanol–water partition coefficient (Wildman–Crippen LogP) is 1.05. The summed E-state index contributed by atoms with van der Waals surface area (Å²) in [7, 11) is 3.14. The zero-order valence-electron chi connectivity index (χ0n) is 21.4. The molecule has 40 heavy (non-hydrogen) atoms. The van der Waals surface area contributed by atoms with Crippen LogP contribution in [0.15, 0.2) is 40.3 Å². The molecule has 3 saturated carbocycles. The van der Waals surface area contributed by atoms with E-state index in [9.17, 15) is 22.8 Å². The van der Waals surface area contributed by atoms with Gasteiger partial charge in [0, 0.05) is 30.4 Å². The van der Waals surface area contributed by atoms with Gasteiger partial charge in [0.2, 0.25) is 17.8 Å². The number of benzene rings is 1. The first kappa shape index (κ1) is 25.5. The van der Waals surface area contributed by atoms with Gasteiger partial charge >= 0.3 is 11.4 Å². The maximum absolute atomic E-state index is 14.0. The van der Waals surface area contributed by atoms with E-state index in [2.05, 4.69) is 35.7 Å². The number of hydrogen-bond donors (Lipinski definition) is 2. The molecule has 3 aromatic heterocycles. The van der Waals surface area contributed by atoms with Crippen molar-refractivity contribution in [1.29, 1.82) is 0 Å². The number of aryl methyl sites for hydroxylation is 1. The van der Waals surface area contributed by atoms with E-state index < -0.39 is 34.4 Å². The number of halogens is 3. The normalized spacial score (nSPS) is 20.9. The Morgan fingerprint density at radius 3 is 2.33 bits per heavy atom. The lowest BCUT2D eigenvalue weighted by Gasteiger charge is -2.70. The third-order valence-electron chi connectivity index (χ3n) is 7.10. The van der Waals surface area contributed by atoms with Gasteiger partial charge in [-0.15, -0.1) is 0 Å². The van der Waals surface area contributed by atoms with Gasteiger partial charge in [-0.1, -0.05) is 0 Å². The van der Waals surface area contributed by atoms with Gasteiger partial charge in [0.1, 0.15) is 6.33 Å². The van der Waals surface area contributed by atoms with Gasteiger partial charge in [-0.2, -0.15) is 15.1 Å². The molecule has 3 aliphatic carbocycles. The van der Waals surface area contributed by atoms with Gasteiger partial charge in [0.25, 0.3) is 0 Å². The number of aromatic nitrogens is 8. The molecule has 0 spiro atoms. The Bertz CT molecular complexity index is 1710. The second-order valence-electron chi connectivity index (χ2n) is 10.1. The summed E-state index contributed by atoms with van der Waals surface area (Å²) in [5.41, 5.74) is -2.45.